The van der Waals surface area contributed by atoms with E-state index in [1.807, 2.05) is 13.8 Å². The van der Waals surface area contributed by atoms with Gasteiger partial charge in [-0.2, -0.15) is 0 Å². The molecule has 2 N–H and O–H groups in total. The number of aromatic nitrogens is 1. The summed E-state index contributed by atoms with van der Waals surface area (Å²) in [7, 11) is 0. The van der Waals surface area contributed by atoms with Gasteiger partial charge in [-0.25, -0.2) is 4.39 Å². The van der Waals surface area contributed by atoms with Crippen LogP contribution in [0.25, 0.3) is 11.3 Å². The number of nitrogen functional groups attached to an aromatic ring is 1. The largest absolute Gasteiger partial charge is 0.381 e. The molecule has 17 heavy (non-hydrogen) atoms. The molecule has 1 aromatic carbocycles. The van der Waals surface area contributed by atoms with Gasteiger partial charge < -0.3 is 10.3 Å². The summed E-state index contributed by atoms with van der Waals surface area (Å²) >= 11 is 5.73. The highest BCUT2D eigenvalue weighted by molar-refractivity contribution is 6.31. The number of nitrogens with zero attached hydrogens (tertiary/aromatic N) is 1. The average molecular weight is 255 g/mol. The molecule has 5 heteroatoms. The van der Waals surface area contributed by atoms with Crippen LogP contribution < -0.4 is 5.73 Å². The van der Waals surface area contributed by atoms with Crippen LogP contribution in [0.5, 0.6) is 0 Å². The first-order valence-corrected chi connectivity index (χ1v) is 5.59. The second-order valence-electron chi connectivity index (χ2n) is 4.09. The summed E-state index contributed by atoms with van der Waals surface area (Å²) in [6.45, 7) is 3.97. The van der Waals surface area contributed by atoms with Gasteiger partial charge in [0.2, 0.25) is 0 Å². The molecule has 1 aromatic heterocycles. The summed E-state index contributed by atoms with van der Waals surface area (Å²) in [6.07, 6.45) is 0. The Morgan fingerprint density at radius 1 is 1.41 bits per heavy atom. The molecule has 0 spiro atoms. The van der Waals surface area contributed by atoms with Crippen molar-refractivity contribution in [2.24, 2.45) is 0 Å². The Kier molecular flexibility index (Phi) is 3.07. The Labute approximate surface area is 103 Å². The van der Waals surface area contributed by atoms with E-state index >= 15 is 0 Å². The summed E-state index contributed by atoms with van der Waals surface area (Å²) in [5, 5.41) is 3.78. The second-order valence-corrected chi connectivity index (χ2v) is 4.50. The van der Waals surface area contributed by atoms with Gasteiger partial charge in [-0.1, -0.05) is 30.6 Å². The van der Waals surface area contributed by atoms with Crippen LogP contribution in [-0.2, 0) is 0 Å². The summed E-state index contributed by atoms with van der Waals surface area (Å²) in [6, 6.07) is 4.39. The van der Waals surface area contributed by atoms with Gasteiger partial charge in [-0.05, 0) is 24.1 Å². The number of nitrogens with two attached hydrogens (primary N) is 1. The van der Waals surface area contributed by atoms with E-state index in [0.717, 1.165) is 5.56 Å². The van der Waals surface area contributed by atoms with Crippen LogP contribution >= 0.6 is 11.6 Å². The van der Waals surface area contributed by atoms with Crippen molar-refractivity contribution < 1.29 is 8.91 Å². The maximum absolute atomic E-state index is 13.1. The van der Waals surface area contributed by atoms with Crippen molar-refractivity contribution in [3.63, 3.8) is 0 Å². The third-order valence-corrected chi connectivity index (χ3v) is 2.80. The van der Waals surface area contributed by atoms with E-state index in [4.69, 9.17) is 21.9 Å². The molecule has 0 aliphatic heterocycles. The van der Waals surface area contributed by atoms with Gasteiger partial charge in [0, 0.05) is 11.1 Å². The van der Waals surface area contributed by atoms with Crippen LogP contribution in [0.1, 0.15) is 25.3 Å². The minimum absolute atomic E-state index is 0.0483. The summed E-state index contributed by atoms with van der Waals surface area (Å²) in [5.41, 5.74) is 7.22. The number of hydrogen-bond donors (Lipinski definition) is 1. The van der Waals surface area contributed by atoms with Crippen LogP contribution in [0.15, 0.2) is 22.7 Å². The third kappa shape index (κ3) is 2.13. The lowest BCUT2D eigenvalue weighted by atomic mass is 9.99. The fourth-order valence-electron chi connectivity index (χ4n) is 1.71. The average Bonchev–Trinajstić information content (AvgIpc) is 2.64. The van der Waals surface area contributed by atoms with E-state index in [0.29, 0.717) is 17.1 Å². The predicted molar refractivity (Wildman–Crippen MR) is 65.4 cm³/mol. The number of hydrogen-bond acceptors (Lipinski definition) is 3. The topological polar surface area (TPSA) is 52.0 Å². The molecule has 0 saturated heterocycles. The monoisotopic (exact) mass is 254 g/mol. The van der Waals surface area contributed by atoms with E-state index in [2.05, 4.69) is 5.16 Å². The minimum atomic E-state index is -0.464. The Bertz CT molecular complexity index is 551. The zero-order valence-corrected chi connectivity index (χ0v) is 10.3. The Morgan fingerprint density at radius 2 is 2.12 bits per heavy atom. The molecule has 0 amide bonds. The Hall–Kier alpha value is -1.55. The SMILES string of the molecule is CC(C)c1c(N)noc1-c1ccc(F)c(Cl)c1. The standard InChI is InChI=1S/C12H12ClFN2O/c1-6(2)10-11(17-16-12(10)15)7-3-4-9(14)8(13)5-7/h3-6H,1-2H3,(H2,15,16). The quantitative estimate of drug-likeness (QED) is 0.886. The van der Waals surface area contributed by atoms with Crippen molar-refractivity contribution in [3.05, 3.63) is 34.6 Å². The molecule has 0 bridgehead atoms. The molecule has 1 heterocycles. The second kappa shape index (κ2) is 4.37. The van der Waals surface area contributed by atoms with E-state index in [1.54, 1.807) is 6.07 Å². The molecule has 2 rings (SSSR count). The first kappa shape index (κ1) is 11.9. The van der Waals surface area contributed by atoms with Crippen molar-refractivity contribution >= 4 is 17.4 Å². The highest BCUT2D eigenvalue weighted by Gasteiger charge is 2.19. The van der Waals surface area contributed by atoms with Crippen molar-refractivity contribution in [2.75, 3.05) is 5.73 Å². The van der Waals surface area contributed by atoms with Gasteiger partial charge in [0.25, 0.3) is 0 Å². The van der Waals surface area contributed by atoms with Crippen LogP contribution in [0, 0.1) is 5.82 Å². The summed E-state index contributed by atoms with van der Waals surface area (Å²) in [5.74, 6) is 0.601. The fourth-order valence-corrected chi connectivity index (χ4v) is 1.89. The molecule has 90 valence electrons. The lowest BCUT2D eigenvalue weighted by molar-refractivity contribution is 0.434. The van der Waals surface area contributed by atoms with Crippen molar-refractivity contribution in [3.8, 4) is 11.3 Å². The molecule has 2 aromatic rings. The molecule has 0 aliphatic rings. The predicted octanol–water partition coefficient (Wildman–Crippen LogP) is 3.84. The molecular weight excluding hydrogens is 243 g/mol. The van der Waals surface area contributed by atoms with Gasteiger partial charge in [-0.3, -0.25) is 0 Å². The normalized spacial score (nSPS) is 11.1. The van der Waals surface area contributed by atoms with Gasteiger partial charge >= 0.3 is 0 Å². The number of halogens is 2. The smallest absolute Gasteiger partial charge is 0.172 e. The van der Waals surface area contributed by atoms with Crippen molar-refractivity contribution in [1.82, 2.24) is 5.16 Å². The first-order chi connectivity index (χ1) is 8.00. The zero-order chi connectivity index (χ0) is 12.6. The maximum atomic E-state index is 13.1. The van der Waals surface area contributed by atoms with E-state index in [1.165, 1.54) is 12.1 Å². The van der Waals surface area contributed by atoms with Gasteiger partial charge in [0.15, 0.2) is 11.6 Å². The number of rotatable bonds is 2. The van der Waals surface area contributed by atoms with E-state index in [9.17, 15) is 4.39 Å². The lowest BCUT2D eigenvalue weighted by Gasteiger charge is -2.05. The van der Waals surface area contributed by atoms with Crippen molar-refractivity contribution in [1.29, 1.82) is 0 Å². The highest BCUT2D eigenvalue weighted by Crippen LogP contribution is 2.34. The molecule has 0 radical (unpaired) electrons. The summed E-state index contributed by atoms with van der Waals surface area (Å²) in [4.78, 5) is 0. The molecule has 3 nitrogen and oxygen atoms in total. The van der Waals surface area contributed by atoms with E-state index in [-0.39, 0.29) is 10.9 Å². The van der Waals surface area contributed by atoms with Crippen molar-refractivity contribution in [2.45, 2.75) is 19.8 Å². The number of anilines is 1. The molecule has 0 unspecified atom stereocenters. The van der Waals surface area contributed by atoms with Crippen LogP contribution in [0.3, 0.4) is 0 Å². The molecule has 0 saturated carbocycles. The third-order valence-electron chi connectivity index (χ3n) is 2.51. The van der Waals surface area contributed by atoms with Crippen LogP contribution in [-0.4, -0.2) is 5.16 Å². The lowest BCUT2D eigenvalue weighted by Crippen LogP contribution is -1.95. The molecule has 0 aliphatic carbocycles. The minimum Gasteiger partial charge on any atom is -0.381 e. The van der Waals surface area contributed by atoms with Gasteiger partial charge in [0.1, 0.15) is 5.82 Å². The molecular formula is C12H12ClFN2O. The van der Waals surface area contributed by atoms with E-state index < -0.39 is 5.82 Å². The molecule has 0 atom stereocenters. The summed E-state index contributed by atoms with van der Waals surface area (Å²) < 4.78 is 18.3. The number of benzene rings is 1. The Morgan fingerprint density at radius 3 is 2.71 bits per heavy atom. The van der Waals surface area contributed by atoms with Gasteiger partial charge in [-0.15, -0.1) is 0 Å². The van der Waals surface area contributed by atoms with Gasteiger partial charge in [0.05, 0.1) is 5.02 Å². The van der Waals surface area contributed by atoms with Crippen LogP contribution in [0.4, 0.5) is 10.2 Å². The van der Waals surface area contributed by atoms with Crippen LogP contribution in [0.2, 0.25) is 5.02 Å². The maximum Gasteiger partial charge on any atom is 0.172 e. The zero-order valence-electron chi connectivity index (χ0n) is 9.50. The highest BCUT2D eigenvalue weighted by atomic mass is 35.5. The molecule has 0 fully saturated rings. The Balaban J connectivity index is 2.56. The first-order valence-electron chi connectivity index (χ1n) is 5.21. The fraction of sp³-hybridized carbons (Fsp3) is 0.250.